The van der Waals surface area contributed by atoms with Crippen LogP contribution in [0.4, 0.5) is 5.69 Å². The van der Waals surface area contributed by atoms with Crippen LogP contribution >= 0.6 is 0 Å². The first-order valence-electron chi connectivity index (χ1n) is 5.56. The van der Waals surface area contributed by atoms with Crippen molar-refractivity contribution >= 4 is 5.69 Å². The van der Waals surface area contributed by atoms with Gasteiger partial charge in [0.25, 0.3) is 0 Å². The molecule has 0 radical (unpaired) electrons. The number of nitrogens with zero attached hydrogens (tertiary/aromatic N) is 1. The molecule has 92 valence electrons. The normalized spacial score (nSPS) is 10.1. The summed E-state index contributed by atoms with van der Waals surface area (Å²) in [5, 5.41) is 10.8. The molecule has 0 saturated heterocycles. The van der Waals surface area contributed by atoms with E-state index in [0.717, 1.165) is 17.5 Å². The van der Waals surface area contributed by atoms with E-state index in [1.807, 2.05) is 30.3 Å². The Bertz CT molecular complexity index is 552. The van der Waals surface area contributed by atoms with Crippen molar-refractivity contribution in [2.24, 2.45) is 0 Å². The summed E-state index contributed by atoms with van der Waals surface area (Å²) < 4.78 is 5.04. The van der Waals surface area contributed by atoms with Crippen LogP contribution in [0, 0.1) is 10.1 Å². The summed E-state index contributed by atoms with van der Waals surface area (Å²) in [7, 11) is 1.44. The highest BCUT2D eigenvalue weighted by Gasteiger charge is 2.14. The van der Waals surface area contributed by atoms with E-state index in [1.54, 1.807) is 12.1 Å². The van der Waals surface area contributed by atoms with E-state index >= 15 is 0 Å². The molecule has 0 atom stereocenters. The van der Waals surface area contributed by atoms with Crippen LogP contribution in [0.2, 0.25) is 0 Å². The number of methoxy groups -OCH3 is 1. The summed E-state index contributed by atoms with van der Waals surface area (Å²) >= 11 is 0. The van der Waals surface area contributed by atoms with Gasteiger partial charge in [0, 0.05) is 6.07 Å². The molecule has 0 aliphatic heterocycles. The number of hydrogen-bond donors (Lipinski definition) is 0. The molecule has 0 aliphatic carbocycles. The topological polar surface area (TPSA) is 52.4 Å². The Morgan fingerprint density at radius 1 is 1.11 bits per heavy atom. The SMILES string of the molecule is COc1cc(Cc2ccccc2)ccc1[N+](=O)[O-]. The number of nitro benzene ring substituents is 1. The van der Waals surface area contributed by atoms with Crippen molar-refractivity contribution in [3.8, 4) is 5.75 Å². The molecule has 0 heterocycles. The van der Waals surface area contributed by atoms with Crippen LogP contribution in [0.3, 0.4) is 0 Å². The monoisotopic (exact) mass is 243 g/mol. The molecule has 18 heavy (non-hydrogen) atoms. The van der Waals surface area contributed by atoms with E-state index in [-0.39, 0.29) is 5.69 Å². The molecular weight excluding hydrogens is 230 g/mol. The number of nitro groups is 1. The van der Waals surface area contributed by atoms with Crippen molar-refractivity contribution in [1.82, 2.24) is 0 Å². The van der Waals surface area contributed by atoms with Gasteiger partial charge < -0.3 is 4.74 Å². The Kier molecular flexibility index (Phi) is 3.57. The molecule has 0 bridgehead atoms. The van der Waals surface area contributed by atoms with Gasteiger partial charge in [0.2, 0.25) is 0 Å². The molecule has 0 amide bonds. The molecule has 2 rings (SSSR count). The predicted octanol–water partition coefficient (Wildman–Crippen LogP) is 3.19. The molecule has 0 aromatic heterocycles. The van der Waals surface area contributed by atoms with Crippen LogP contribution in [-0.4, -0.2) is 12.0 Å². The fourth-order valence-electron chi connectivity index (χ4n) is 1.81. The van der Waals surface area contributed by atoms with Crippen molar-refractivity contribution in [2.75, 3.05) is 7.11 Å². The highest BCUT2D eigenvalue weighted by atomic mass is 16.6. The third-order valence-electron chi connectivity index (χ3n) is 2.69. The van der Waals surface area contributed by atoms with Gasteiger partial charge in [-0.05, 0) is 23.6 Å². The van der Waals surface area contributed by atoms with Crippen molar-refractivity contribution in [1.29, 1.82) is 0 Å². The summed E-state index contributed by atoms with van der Waals surface area (Å²) in [6.45, 7) is 0. The Hall–Kier alpha value is -2.36. The molecule has 4 heteroatoms. The zero-order valence-corrected chi connectivity index (χ0v) is 10.00. The van der Waals surface area contributed by atoms with Gasteiger partial charge in [-0.3, -0.25) is 10.1 Å². The van der Waals surface area contributed by atoms with Crippen LogP contribution in [0.1, 0.15) is 11.1 Å². The molecular formula is C14H13NO3. The number of benzene rings is 2. The molecule has 2 aromatic rings. The maximum absolute atomic E-state index is 10.8. The largest absolute Gasteiger partial charge is 0.490 e. The molecule has 4 nitrogen and oxygen atoms in total. The Morgan fingerprint density at radius 2 is 1.83 bits per heavy atom. The molecule has 0 saturated carbocycles. The second kappa shape index (κ2) is 5.31. The van der Waals surface area contributed by atoms with Crippen molar-refractivity contribution in [2.45, 2.75) is 6.42 Å². The summed E-state index contributed by atoms with van der Waals surface area (Å²) in [4.78, 5) is 10.3. The maximum atomic E-state index is 10.8. The highest BCUT2D eigenvalue weighted by Crippen LogP contribution is 2.28. The molecule has 0 aliphatic rings. The van der Waals surface area contributed by atoms with Crippen LogP contribution < -0.4 is 4.74 Å². The van der Waals surface area contributed by atoms with Crippen LogP contribution in [-0.2, 0) is 6.42 Å². The maximum Gasteiger partial charge on any atom is 0.310 e. The van der Waals surface area contributed by atoms with E-state index in [2.05, 4.69) is 0 Å². The minimum Gasteiger partial charge on any atom is -0.490 e. The fraction of sp³-hybridized carbons (Fsp3) is 0.143. The Morgan fingerprint density at radius 3 is 2.44 bits per heavy atom. The minimum absolute atomic E-state index is 0.00527. The molecule has 0 spiro atoms. The van der Waals surface area contributed by atoms with Gasteiger partial charge in [-0.2, -0.15) is 0 Å². The van der Waals surface area contributed by atoms with Gasteiger partial charge in [0.15, 0.2) is 5.75 Å². The van der Waals surface area contributed by atoms with E-state index < -0.39 is 4.92 Å². The van der Waals surface area contributed by atoms with Gasteiger partial charge in [0.1, 0.15) is 0 Å². The molecule has 0 unspecified atom stereocenters. The number of hydrogen-bond acceptors (Lipinski definition) is 3. The first-order chi connectivity index (χ1) is 8.70. The summed E-state index contributed by atoms with van der Waals surface area (Å²) in [6.07, 6.45) is 0.731. The minimum atomic E-state index is -0.439. The lowest BCUT2D eigenvalue weighted by Gasteiger charge is -2.05. The molecule has 2 aromatic carbocycles. The second-order valence-electron chi connectivity index (χ2n) is 3.93. The quantitative estimate of drug-likeness (QED) is 0.612. The lowest BCUT2D eigenvalue weighted by molar-refractivity contribution is -0.385. The first kappa shape index (κ1) is 12.1. The lowest BCUT2D eigenvalue weighted by atomic mass is 10.0. The lowest BCUT2D eigenvalue weighted by Crippen LogP contribution is -1.96. The van der Waals surface area contributed by atoms with E-state index in [0.29, 0.717) is 5.75 Å². The fourth-order valence-corrected chi connectivity index (χ4v) is 1.81. The zero-order chi connectivity index (χ0) is 13.0. The summed E-state index contributed by atoms with van der Waals surface area (Å²) in [5.41, 5.74) is 2.14. The third kappa shape index (κ3) is 2.66. The van der Waals surface area contributed by atoms with E-state index in [1.165, 1.54) is 13.2 Å². The molecule has 0 N–H and O–H groups in total. The number of rotatable bonds is 4. The third-order valence-corrected chi connectivity index (χ3v) is 2.69. The Balaban J connectivity index is 2.28. The summed E-state index contributed by atoms with van der Waals surface area (Å²) in [5.74, 6) is 0.299. The summed E-state index contributed by atoms with van der Waals surface area (Å²) in [6, 6.07) is 14.9. The number of ether oxygens (including phenoxy) is 1. The van der Waals surface area contributed by atoms with Gasteiger partial charge in [-0.1, -0.05) is 36.4 Å². The van der Waals surface area contributed by atoms with E-state index in [9.17, 15) is 10.1 Å². The standard InChI is InChI=1S/C14H13NO3/c1-18-14-10-12(7-8-13(14)15(16)17)9-11-5-3-2-4-6-11/h2-8,10H,9H2,1H3. The molecule has 0 fully saturated rings. The van der Waals surface area contributed by atoms with Gasteiger partial charge in [0.05, 0.1) is 12.0 Å². The van der Waals surface area contributed by atoms with E-state index in [4.69, 9.17) is 4.74 Å². The van der Waals surface area contributed by atoms with Gasteiger partial charge >= 0.3 is 5.69 Å². The first-order valence-corrected chi connectivity index (χ1v) is 5.56. The van der Waals surface area contributed by atoms with Crippen molar-refractivity contribution < 1.29 is 9.66 Å². The van der Waals surface area contributed by atoms with Crippen LogP contribution in [0.15, 0.2) is 48.5 Å². The van der Waals surface area contributed by atoms with Crippen molar-refractivity contribution in [3.05, 3.63) is 69.8 Å². The second-order valence-corrected chi connectivity index (χ2v) is 3.93. The Labute approximate surface area is 105 Å². The predicted molar refractivity (Wildman–Crippen MR) is 68.9 cm³/mol. The van der Waals surface area contributed by atoms with Gasteiger partial charge in [-0.15, -0.1) is 0 Å². The zero-order valence-electron chi connectivity index (χ0n) is 10.00. The van der Waals surface area contributed by atoms with Crippen LogP contribution in [0.25, 0.3) is 0 Å². The smallest absolute Gasteiger partial charge is 0.310 e. The highest BCUT2D eigenvalue weighted by molar-refractivity contribution is 5.49. The van der Waals surface area contributed by atoms with Crippen molar-refractivity contribution in [3.63, 3.8) is 0 Å². The van der Waals surface area contributed by atoms with Gasteiger partial charge in [-0.25, -0.2) is 0 Å². The average Bonchev–Trinajstić information content (AvgIpc) is 2.39. The van der Waals surface area contributed by atoms with Crippen LogP contribution in [0.5, 0.6) is 5.75 Å². The average molecular weight is 243 g/mol.